The Morgan fingerprint density at radius 2 is 1.97 bits per heavy atom. The monoisotopic (exact) mass is 425 g/mol. The summed E-state index contributed by atoms with van der Waals surface area (Å²) in [6, 6.07) is 2.69. The predicted octanol–water partition coefficient (Wildman–Crippen LogP) is 0.0961. The van der Waals surface area contributed by atoms with Crippen LogP contribution < -0.4 is 10.6 Å². The van der Waals surface area contributed by atoms with Gasteiger partial charge in [0.25, 0.3) is 11.8 Å². The molecular formula is C17H20FN5O5S. The Balaban J connectivity index is 2.19. The molecule has 1 aromatic heterocycles. The maximum atomic E-state index is 14.1. The van der Waals surface area contributed by atoms with Crippen LogP contribution in [0.5, 0.6) is 0 Å². The third-order valence-corrected chi connectivity index (χ3v) is 5.81. The number of carbonyl (C=O) groups excluding carboxylic acids is 2. The molecule has 0 aliphatic carbocycles. The van der Waals surface area contributed by atoms with Gasteiger partial charge >= 0.3 is 0 Å². The number of aromatic nitrogens is 3. The smallest absolute Gasteiger partial charge is 0.258 e. The van der Waals surface area contributed by atoms with Gasteiger partial charge in [-0.3, -0.25) is 9.59 Å². The van der Waals surface area contributed by atoms with Crippen LogP contribution in [0.25, 0.3) is 0 Å². The molecule has 156 valence electrons. The van der Waals surface area contributed by atoms with Gasteiger partial charge in [-0.25, -0.2) is 17.8 Å². The molecule has 1 aromatic carbocycles. The average Bonchev–Trinajstić information content (AvgIpc) is 2.67. The lowest BCUT2D eigenvalue weighted by Gasteiger charge is -2.21. The molecule has 0 spiro atoms. The molecule has 1 atom stereocenters. The number of carbonyl (C=O) groups is 2. The van der Waals surface area contributed by atoms with E-state index in [1.165, 1.54) is 13.2 Å². The molecule has 0 fully saturated rings. The van der Waals surface area contributed by atoms with Crippen LogP contribution in [0.1, 0.15) is 30.0 Å². The van der Waals surface area contributed by atoms with Gasteiger partial charge in [0, 0.05) is 13.5 Å². The minimum Gasteiger partial charge on any atom is -0.379 e. The zero-order chi connectivity index (χ0) is 21.8. The third-order valence-electron chi connectivity index (χ3n) is 3.90. The highest BCUT2D eigenvalue weighted by atomic mass is 32.2. The van der Waals surface area contributed by atoms with Crippen molar-refractivity contribution >= 4 is 27.5 Å². The molecule has 0 radical (unpaired) electrons. The first-order valence-electron chi connectivity index (χ1n) is 8.47. The first-order chi connectivity index (χ1) is 13.5. The fraction of sp³-hybridized carbons (Fsp3) is 0.353. The summed E-state index contributed by atoms with van der Waals surface area (Å²) in [7, 11) is -2.97. The predicted molar refractivity (Wildman–Crippen MR) is 100 cm³/mol. The van der Waals surface area contributed by atoms with Gasteiger partial charge in [0.15, 0.2) is 27.1 Å². The zero-order valence-corrected chi connectivity index (χ0v) is 16.7. The van der Waals surface area contributed by atoms with E-state index in [9.17, 15) is 27.5 Å². The lowest BCUT2D eigenvalue weighted by Crippen LogP contribution is -2.46. The molecule has 0 saturated heterocycles. The van der Waals surface area contributed by atoms with Crippen LogP contribution in [0, 0.1) is 5.82 Å². The molecule has 0 bridgehead atoms. The SMILES string of the molecule is CCc1ncc(NC(=O)[C@@](C)(O)CS(=O)(=O)c2ccc(C(=O)NC)c(F)c2)nn1. The highest BCUT2D eigenvalue weighted by molar-refractivity contribution is 7.91. The van der Waals surface area contributed by atoms with Crippen LogP contribution in [-0.2, 0) is 21.1 Å². The third kappa shape index (κ3) is 5.29. The number of halogens is 1. The minimum atomic E-state index is -4.27. The molecule has 10 nitrogen and oxygen atoms in total. The number of sulfone groups is 1. The maximum absolute atomic E-state index is 14.1. The Labute approximate surface area is 166 Å². The van der Waals surface area contributed by atoms with E-state index in [0.29, 0.717) is 18.3 Å². The van der Waals surface area contributed by atoms with Crippen LogP contribution in [0.3, 0.4) is 0 Å². The number of nitrogens with one attached hydrogen (secondary N) is 2. The number of aryl methyl sites for hydroxylation is 1. The van der Waals surface area contributed by atoms with E-state index in [1.807, 2.05) is 6.92 Å². The van der Waals surface area contributed by atoms with Crippen LogP contribution in [0.2, 0.25) is 0 Å². The summed E-state index contributed by atoms with van der Waals surface area (Å²) in [5.41, 5.74) is -2.70. The number of aliphatic hydroxyl groups is 1. The quantitative estimate of drug-likeness (QED) is 0.565. The van der Waals surface area contributed by atoms with Gasteiger partial charge in [0.05, 0.1) is 22.4 Å². The molecule has 29 heavy (non-hydrogen) atoms. The standard InChI is InChI=1S/C17H20FN5O5S/c1-4-13-20-8-14(23-22-13)21-16(25)17(2,26)9-29(27,28)10-5-6-11(12(18)7-10)15(24)19-3/h5-8,26H,4,9H2,1-3H3,(H,19,24)(H,21,23,25)/t17-/m0/s1. The second-order valence-corrected chi connectivity index (χ2v) is 8.31. The Morgan fingerprint density at radius 3 is 2.48 bits per heavy atom. The van der Waals surface area contributed by atoms with E-state index in [4.69, 9.17) is 0 Å². The molecule has 2 amide bonds. The Hall–Kier alpha value is -2.99. The molecule has 0 aliphatic rings. The van der Waals surface area contributed by atoms with Crippen molar-refractivity contribution in [2.75, 3.05) is 18.1 Å². The molecular weight excluding hydrogens is 405 g/mol. The van der Waals surface area contributed by atoms with Gasteiger partial charge in [-0.2, -0.15) is 0 Å². The van der Waals surface area contributed by atoms with Crippen molar-refractivity contribution in [2.24, 2.45) is 0 Å². The number of amides is 2. The average molecular weight is 425 g/mol. The van der Waals surface area contributed by atoms with E-state index in [1.54, 1.807) is 0 Å². The maximum Gasteiger partial charge on any atom is 0.258 e. The summed E-state index contributed by atoms with van der Waals surface area (Å²) in [6.45, 7) is 2.81. The van der Waals surface area contributed by atoms with E-state index < -0.39 is 43.7 Å². The van der Waals surface area contributed by atoms with E-state index in [0.717, 1.165) is 19.1 Å². The largest absolute Gasteiger partial charge is 0.379 e. The van der Waals surface area contributed by atoms with Gasteiger partial charge < -0.3 is 15.7 Å². The Kier molecular flexibility index (Phi) is 6.59. The molecule has 12 heteroatoms. The fourth-order valence-electron chi connectivity index (χ4n) is 2.30. The van der Waals surface area contributed by atoms with Crippen LogP contribution in [0.15, 0.2) is 29.3 Å². The van der Waals surface area contributed by atoms with Crippen molar-refractivity contribution in [3.8, 4) is 0 Å². The lowest BCUT2D eigenvalue weighted by atomic mass is 10.1. The normalized spacial score (nSPS) is 13.4. The van der Waals surface area contributed by atoms with Gasteiger partial charge in [0.2, 0.25) is 0 Å². The van der Waals surface area contributed by atoms with Gasteiger partial charge in [0.1, 0.15) is 5.82 Å². The number of nitrogens with zero attached hydrogens (tertiary/aromatic N) is 3. The van der Waals surface area contributed by atoms with Crippen molar-refractivity contribution in [1.29, 1.82) is 0 Å². The summed E-state index contributed by atoms with van der Waals surface area (Å²) < 4.78 is 39.2. The van der Waals surface area contributed by atoms with Crippen molar-refractivity contribution in [3.63, 3.8) is 0 Å². The van der Waals surface area contributed by atoms with Crippen LogP contribution in [-0.4, -0.2) is 58.9 Å². The number of benzene rings is 1. The number of hydrogen-bond acceptors (Lipinski definition) is 8. The topological polar surface area (TPSA) is 151 Å². The summed E-state index contributed by atoms with van der Waals surface area (Å²) in [5, 5.41) is 22.3. The van der Waals surface area contributed by atoms with Gasteiger partial charge in [-0.1, -0.05) is 6.92 Å². The van der Waals surface area contributed by atoms with E-state index in [-0.39, 0.29) is 11.4 Å². The first-order valence-corrected chi connectivity index (χ1v) is 10.1. The highest BCUT2D eigenvalue weighted by Gasteiger charge is 2.37. The molecule has 0 aliphatic heterocycles. The highest BCUT2D eigenvalue weighted by Crippen LogP contribution is 2.21. The van der Waals surface area contributed by atoms with Crippen molar-refractivity contribution < 1.29 is 27.5 Å². The second kappa shape index (κ2) is 8.57. The summed E-state index contributed by atoms with van der Waals surface area (Å²) in [4.78, 5) is 27.3. The number of anilines is 1. The molecule has 2 aromatic rings. The van der Waals surface area contributed by atoms with Crippen LogP contribution >= 0.6 is 0 Å². The summed E-state index contributed by atoms with van der Waals surface area (Å²) >= 11 is 0. The second-order valence-electron chi connectivity index (χ2n) is 6.32. The Bertz CT molecular complexity index is 1030. The number of hydrogen-bond donors (Lipinski definition) is 3. The van der Waals surface area contributed by atoms with E-state index >= 15 is 0 Å². The number of rotatable bonds is 7. The van der Waals surface area contributed by atoms with Crippen molar-refractivity contribution in [3.05, 3.63) is 41.6 Å². The van der Waals surface area contributed by atoms with Gasteiger partial charge in [-0.05, 0) is 25.1 Å². The molecule has 2 rings (SSSR count). The van der Waals surface area contributed by atoms with Crippen molar-refractivity contribution in [2.45, 2.75) is 30.8 Å². The Morgan fingerprint density at radius 1 is 1.28 bits per heavy atom. The summed E-state index contributed by atoms with van der Waals surface area (Å²) in [5.74, 6) is -3.47. The molecule has 0 saturated carbocycles. The fourth-order valence-corrected chi connectivity index (χ4v) is 3.89. The summed E-state index contributed by atoms with van der Waals surface area (Å²) in [6.07, 6.45) is 1.76. The molecule has 1 heterocycles. The van der Waals surface area contributed by atoms with Gasteiger partial charge in [-0.15, -0.1) is 10.2 Å². The lowest BCUT2D eigenvalue weighted by molar-refractivity contribution is -0.130. The molecule has 3 N–H and O–H groups in total. The zero-order valence-electron chi connectivity index (χ0n) is 15.9. The van der Waals surface area contributed by atoms with Crippen LogP contribution in [0.4, 0.5) is 10.2 Å². The first kappa shape index (κ1) is 22.3. The van der Waals surface area contributed by atoms with Crippen molar-refractivity contribution in [1.82, 2.24) is 20.5 Å². The molecule has 0 unspecified atom stereocenters. The van der Waals surface area contributed by atoms with E-state index in [2.05, 4.69) is 25.8 Å². The minimum absolute atomic E-state index is 0.0640.